The molecule has 1 atom stereocenters. The van der Waals surface area contributed by atoms with Gasteiger partial charge in [-0.05, 0) is 5.56 Å². The number of carbonyl (C=O) groups is 1. The average molecular weight is 317 g/mol. The van der Waals surface area contributed by atoms with E-state index in [9.17, 15) is 4.79 Å². The van der Waals surface area contributed by atoms with E-state index in [0.29, 0.717) is 5.56 Å². The van der Waals surface area contributed by atoms with Crippen molar-refractivity contribution in [2.75, 3.05) is 5.32 Å². The Morgan fingerprint density at radius 2 is 1.68 bits per heavy atom. The second kappa shape index (κ2) is 6.19. The predicted molar refractivity (Wildman–Crippen MR) is 75.7 cm³/mol. The Morgan fingerprint density at radius 3 is 2.26 bits per heavy atom. The summed E-state index contributed by atoms with van der Waals surface area (Å²) in [6.07, 6.45) is 1.20. The van der Waals surface area contributed by atoms with Crippen molar-refractivity contribution in [3.8, 4) is 0 Å². The summed E-state index contributed by atoms with van der Waals surface area (Å²) in [7, 11) is 0. The molecule has 4 nitrogen and oxygen atoms in total. The van der Waals surface area contributed by atoms with E-state index in [1.165, 1.54) is 6.33 Å². The van der Waals surface area contributed by atoms with Gasteiger partial charge in [0, 0.05) is 0 Å². The topological polar surface area (TPSA) is 54.9 Å². The van der Waals surface area contributed by atoms with Crippen molar-refractivity contribution in [1.29, 1.82) is 0 Å². The highest BCUT2D eigenvalue weighted by Gasteiger charge is 2.20. The summed E-state index contributed by atoms with van der Waals surface area (Å²) in [4.78, 5) is 19.5. The molecule has 2 rings (SSSR count). The van der Waals surface area contributed by atoms with Gasteiger partial charge in [0.1, 0.15) is 17.4 Å². The van der Waals surface area contributed by atoms with E-state index in [4.69, 9.17) is 34.8 Å². The number of alkyl halides is 1. The Kier molecular flexibility index (Phi) is 4.58. The molecule has 1 N–H and O–H groups in total. The van der Waals surface area contributed by atoms with Crippen LogP contribution >= 0.6 is 34.8 Å². The summed E-state index contributed by atoms with van der Waals surface area (Å²) in [5, 5.41) is 1.78. The molecule has 1 aromatic carbocycles. The molecule has 19 heavy (non-hydrogen) atoms. The van der Waals surface area contributed by atoms with Gasteiger partial charge in [-0.25, -0.2) is 9.97 Å². The maximum Gasteiger partial charge on any atom is 0.247 e. The fourth-order valence-electron chi connectivity index (χ4n) is 1.41. The third-order valence-corrected chi connectivity index (χ3v) is 3.35. The first kappa shape index (κ1) is 14.1. The zero-order valence-corrected chi connectivity index (χ0v) is 11.7. The molecule has 0 radical (unpaired) electrons. The number of carbonyl (C=O) groups excluding carboxylic acids is 1. The van der Waals surface area contributed by atoms with Crippen LogP contribution in [0.3, 0.4) is 0 Å². The van der Waals surface area contributed by atoms with Crippen molar-refractivity contribution in [2.24, 2.45) is 0 Å². The minimum atomic E-state index is -0.853. The van der Waals surface area contributed by atoms with Crippen molar-refractivity contribution in [1.82, 2.24) is 9.97 Å². The smallest absolute Gasteiger partial charge is 0.247 e. The Bertz CT molecular complexity index is 572. The number of hydrogen-bond donors (Lipinski definition) is 1. The number of nitrogens with one attached hydrogen (secondary N) is 1. The van der Waals surface area contributed by atoms with Gasteiger partial charge < -0.3 is 5.32 Å². The molecule has 2 aromatic rings. The number of amides is 1. The van der Waals surface area contributed by atoms with E-state index in [2.05, 4.69) is 15.3 Å². The highest BCUT2D eigenvalue weighted by molar-refractivity contribution is 6.39. The van der Waals surface area contributed by atoms with Gasteiger partial charge in [-0.1, -0.05) is 53.5 Å². The lowest BCUT2D eigenvalue weighted by Crippen LogP contribution is -2.18. The molecule has 0 aliphatic heterocycles. The first-order valence-electron chi connectivity index (χ1n) is 5.25. The maximum atomic E-state index is 12.0. The molecule has 0 aliphatic rings. The van der Waals surface area contributed by atoms with Gasteiger partial charge in [0.15, 0.2) is 10.3 Å². The SMILES string of the molecule is O=C(Nc1c(Cl)ncnc1Cl)C(Cl)c1ccccc1. The van der Waals surface area contributed by atoms with Crippen LogP contribution in [0.2, 0.25) is 10.3 Å². The lowest BCUT2D eigenvalue weighted by atomic mass is 10.1. The second-order valence-electron chi connectivity index (χ2n) is 3.59. The predicted octanol–water partition coefficient (Wildman–Crippen LogP) is 3.70. The van der Waals surface area contributed by atoms with Crippen molar-refractivity contribution in [2.45, 2.75) is 5.38 Å². The molecule has 1 heterocycles. The summed E-state index contributed by atoms with van der Waals surface area (Å²) in [6.45, 7) is 0. The largest absolute Gasteiger partial charge is 0.319 e. The number of anilines is 1. The molecule has 0 spiro atoms. The molecule has 1 amide bonds. The van der Waals surface area contributed by atoms with E-state index in [0.717, 1.165) is 0 Å². The monoisotopic (exact) mass is 315 g/mol. The van der Waals surface area contributed by atoms with E-state index < -0.39 is 11.3 Å². The Hall–Kier alpha value is -1.36. The van der Waals surface area contributed by atoms with Gasteiger partial charge in [0.05, 0.1) is 0 Å². The van der Waals surface area contributed by atoms with E-state index in [1.54, 1.807) is 24.3 Å². The molecule has 98 valence electrons. The maximum absolute atomic E-state index is 12.0. The fourth-order valence-corrected chi connectivity index (χ4v) is 2.02. The number of hydrogen-bond acceptors (Lipinski definition) is 3. The normalized spacial score (nSPS) is 11.9. The Morgan fingerprint density at radius 1 is 1.11 bits per heavy atom. The van der Waals surface area contributed by atoms with Gasteiger partial charge >= 0.3 is 0 Å². The van der Waals surface area contributed by atoms with Crippen LogP contribution in [0.1, 0.15) is 10.9 Å². The molecule has 0 bridgehead atoms. The average Bonchev–Trinajstić information content (AvgIpc) is 2.43. The molecular weight excluding hydrogens is 309 g/mol. The minimum Gasteiger partial charge on any atom is -0.319 e. The molecular formula is C12H8Cl3N3O. The second-order valence-corrected chi connectivity index (χ2v) is 4.75. The minimum absolute atomic E-state index is 0.0604. The van der Waals surface area contributed by atoms with Crippen LogP contribution in [0, 0.1) is 0 Å². The Balaban J connectivity index is 2.18. The van der Waals surface area contributed by atoms with Crippen molar-refractivity contribution < 1.29 is 4.79 Å². The van der Waals surface area contributed by atoms with E-state index in [-0.39, 0.29) is 16.0 Å². The number of aromatic nitrogens is 2. The summed E-state index contributed by atoms with van der Waals surface area (Å²) >= 11 is 17.7. The molecule has 1 unspecified atom stereocenters. The van der Waals surface area contributed by atoms with Gasteiger partial charge in [-0.2, -0.15) is 0 Å². The summed E-state index contributed by atoms with van der Waals surface area (Å²) in [5.74, 6) is -0.452. The van der Waals surface area contributed by atoms with E-state index >= 15 is 0 Å². The van der Waals surface area contributed by atoms with Crippen LogP contribution in [0.5, 0.6) is 0 Å². The van der Waals surface area contributed by atoms with Gasteiger partial charge in [-0.3, -0.25) is 4.79 Å². The first-order chi connectivity index (χ1) is 9.09. The van der Waals surface area contributed by atoms with E-state index in [1.807, 2.05) is 6.07 Å². The molecule has 0 saturated carbocycles. The van der Waals surface area contributed by atoms with Crippen LogP contribution in [-0.4, -0.2) is 15.9 Å². The zero-order valence-electron chi connectivity index (χ0n) is 9.48. The van der Waals surface area contributed by atoms with Gasteiger partial charge in [0.25, 0.3) is 0 Å². The molecule has 0 saturated heterocycles. The Labute approximate surface area is 124 Å². The van der Waals surface area contributed by atoms with Gasteiger partial charge in [0.2, 0.25) is 5.91 Å². The summed E-state index contributed by atoms with van der Waals surface area (Å²) in [5.41, 5.74) is 0.822. The summed E-state index contributed by atoms with van der Waals surface area (Å²) < 4.78 is 0. The molecule has 1 aromatic heterocycles. The summed E-state index contributed by atoms with van der Waals surface area (Å²) in [6, 6.07) is 8.93. The van der Waals surface area contributed by atoms with Crippen LogP contribution in [0.4, 0.5) is 5.69 Å². The third-order valence-electron chi connectivity index (χ3n) is 2.33. The molecule has 0 aliphatic carbocycles. The van der Waals surface area contributed by atoms with Crippen molar-refractivity contribution >= 4 is 46.4 Å². The number of nitrogens with zero attached hydrogens (tertiary/aromatic N) is 2. The zero-order chi connectivity index (χ0) is 13.8. The lowest BCUT2D eigenvalue weighted by Gasteiger charge is -2.11. The standard InChI is InChI=1S/C12H8Cl3N3O/c13-8(7-4-2-1-3-5-7)12(19)18-9-10(14)16-6-17-11(9)15/h1-6,8H,(H,18,19). The van der Waals surface area contributed by atoms with Crippen LogP contribution in [-0.2, 0) is 4.79 Å². The lowest BCUT2D eigenvalue weighted by molar-refractivity contribution is -0.116. The van der Waals surface area contributed by atoms with Gasteiger partial charge in [-0.15, -0.1) is 11.6 Å². The molecule has 7 heteroatoms. The highest BCUT2D eigenvalue weighted by Crippen LogP contribution is 2.28. The van der Waals surface area contributed by atoms with Crippen LogP contribution < -0.4 is 5.32 Å². The van der Waals surface area contributed by atoms with Crippen LogP contribution in [0.15, 0.2) is 36.7 Å². The molecule has 0 fully saturated rings. The highest BCUT2D eigenvalue weighted by atomic mass is 35.5. The fraction of sp³-hybridized carbons (Fsp3) is 0.0833. The number of halogens is 3. The van der Waals surface area contributed by atoms with Crippen molar-refractivity contribution in [3.63, 3.8) is 0 Å². The first-order valence-corrected chi connectivity index (χ1v) is 6.44. The number of rotatable bonds is 3. The number of benzene rings is 1. The van der Waals surface area contributed by atoms with Crippen molar-refractivity contribution in [3.05, 3.63) is 52.5 Å². The quantitative estimate of drug-likeness (QED) is 0.694. The third kappa shape index (κ3) is 3.35. The van der Waals surface area contributed by atoms with Crippen LogP contribution in [0.25, 0.3) is 0 Å².